The van der Waals surface area contributed by atoms with E-state index >= 15 is 0 Å². The third kappa shape index (κ3) is 4.77. The molecular weight excluding hydrogens is 473 g/mol. The van der Waals surface area contributed by atoms with E-state index in [1.165, 1.54) is 6.92 Å². The molecular formula is C28H30FN5O3. The highest BCUT2D eigenvalue weighted by molar-refractivity contribution is 5.94. The summed E-state index contributed by atoms with van der Waals surface area (Å²) in [5.41, 5.74) is 7.00. The van der Waals surface area contributed by atoms with E-state index in [1.807, 2.05) is 48.7 Å². The first-order chi connectivity index (χ1) is 17.8. The number of nitrogens with one attached hydrogen (secondary N) is 2. The van der Waals surface area contributed by atoms with Gasteiger partial charge in [0.25, 0.3) is 0 Å². The molecule has 2 aliphatic rings. The number of pyridine rings is 1. The van der Waals surface area contributed by atoms with Crippen LogP contribution in [0.4, 0.5) is 4.39 Å². The third-order valence-electron chi connectivity index (χ3n) is 7.61. The number of carbonyl (C=O) groups excluding carboxylic acids is 1. The van der Waals surface area contributed by atoms with Crippen molar-refractivity contribution in [1.29, 1.82) is 5.41 Å². The Morgan fingerprint density at radius 1 is 1.11 bits per heavy atom. The molecule has 37 heavy (non-hydrogen) atoms. The second kappa shape index (κ2) is 10.2. The fourth-order valence-electron chi connectivity index (χ4n) is 5.66. The van der Waals surface area contributed by atoms with E-state index in [0.29, 0.717) is 43.7 Å². The first-order valence-corrected chi connectivity index (χ1v) is 12.7. The van der Waals surface area contributed by atoms with Crippen molar-refractivity contribution in [2.45, 2.75) is 57.0 Å². The number of ketones is 1. The SMILES string of the molecule is CC(=O)c1c(C2CCC(C(F)C(=O)O)CC2)nc2n(c1=N)NCCC2c1ccc(-c2ccccc2)nc1. The van der Waals surface area contributed by atoms with Crippen molar-refractivity contribution in [3.8, 4) is 11.3 Å². The fraction of sp³-hybridized carbons (Fsp3) is 0.393. The second-order valence-corrected chi connectivity index (χ2v) is 9.91. The summed E-state index contributed by atoms with van der Waals surface area (Å²) in [5, 5.41) is 17.9. The summed E-state index contributed by atoms with van der Waals surface area (Å²) < 4.78 is 15.7. The van der Waals surface area contributed by atoms with Crippen LogP contribution >= 0.6 is 0 Å². The number of fused-ring (bicyclic) bond motifs is 1. The summed E-state index contributed by atoms with van der Waals surface area (Å²) >= 11 is 0. The summed E-state index contributed by atoms with van der Waals surface area (Å²) in [6.07, 6.45) is 2.59. The number of aromatic nitrogens is 3. The van der Waals surface area contributed by atoms with Crippen LogP contribution in [0.1, 0.15) is 78.3 Å². The number of carboxylic acids is 1. The predicted molar refractivity (Wildman–Crippen MR) is 136 cm³/mol. The second-order valence-electron chi connectivity index (χ2n) is 9.91. The highest BCUT2D eigenvalue weighted by Crippen LogP contribution is 2.39. The van der Waals surface area contributed by atoms with Gasteiger partial charge in [0, 0.05) is 36.1 Å². The molecule has 8 nitrogen and oxygen atoms in total. The van der Waals surface area contributed by atoms with Crippen LogP contribution in [0, 0.1) is 11.3 Å². The summed E-state index contributed by atoms with van der Waals surface area (Å²) in [5.74, 6) is -1.79. The lowest BCUT2D eigenvalue weighted by Gasteiger charge is -2.33. The predicted octanol–water partition coefficient (Wildman–Crippen LogP) is 4.40. The van der Waals surface area contributed by atoms with Gasteiger partial charge in [0.05, 0.1) is 17.0 Å². The summed E-state index contributed by atoms with van der Waals surface area (Å²) in [4.78, 5) is 33.4. The molecule has 2 atom stereocenters. The van der Waals surface area contributed by atoms with E-state index in [0.717, 1.165) is 23.2 Å². The molecule has 1 fully saturated rings. The zero-order valence-corrected chi connectivity index (χ0v) is 20.7. The number of carboxylic acid groups (broad SMARTS) is 1. The molecule has 2 aromatic heterocycles. The van der Waals surface area contributed by atoms with Crippen molar-refractivity contribution >= 4 is 11.8 Å². The minimum absolute atomic E-state index is 0.0714. The molecule has 3 N–H and O–H groups in total. The summed E-state index contributed by atoms with van der Waals surface area (Å²) in [7, 11) is 0. The normalized spacial score (nSPS) is 21.9. The molecule has 9 heteroatoms. The van der Waals surface area contributed by atoms with Gasteiger partial charge in [0.15, 0.2) is 17.4 Å². The number of rotatable bonds is 6. The molecule has 1 aliphatic carbocycles. The monoisotopic (exact) mass is 503 g/mol. The van der Waals surface area contributed by atoms with Gasteiger partial charge >= 0.3 is 5.97 Å². The van der Waals surface area contributed by atoms with Crippen LogP contribution in [0.5, 0.6) is 0 Å². The molecule has 3 heterocycles. The number of nitrogens with zero attached hydrogens (tertiary/aromatic N) is 3. The molecule has 0 amide bonds. The van der Waals surface area contributed by atoms with E-state index in [1.54, 1.807) is 4.68 Å². The van der Waals surface area contributed by atoms with Crippen molar-refractivity contribution in [1.82, 2.24) is 14.6 Å². The van der Waals surface area contributed by atoms with Crippen LogP contribution in [0.3, 0.4) is 0 Å². The van der Waals surface area contributed by atoms with Gasteiger partial charge in [0.1, 0.15) is 5.82 Å². The van der Waals surface area contributed by atoms with Crippen LogP contribution in [0.25, 0.3) is 11.3 Å². The van der Waals surface area contributed by atoms with Gasteiger partial charge in [-0.15, -0.1) is 0 Å². The lowest BCUT2D eigenvalue weighted by atomic mass is 9.77. The van der Waals surface area contributed by atoms with Crippen molar-refractivity contribution in [2.24, 2.45) is 5.92 Å². The van der Waals surface area contributed by atoms with E-state index in [-0.39, 0.29) is 28.7 Å². The van der Waals surface area contributed by atoms with Crippen molar-refractivity contribution in [2.75, 3.05) is 12.0 Å². The lowest BCUT2D eigenvalue weighted by molar-refractivity contribution is -0.145. The largest absolute Gasteiger partial charge is 0.479 e. The number of Topliss-reactive ketones (excluding diaryl/α,β-unsaturated/α-hetero) is 1. The molecule has 0 spiro atoms. The third-order valence-corrected chi connectivity index (χ3v) is 7.61. The maximum atomic E-state index is 14.1. The average Bonchev–Trinajstić information content (AvgIpc) is 2.92. The van der Waals surface area contributed by atoms with E-state index in [4.69, 9.17) is 15.5 Å². The van der Waals surface area contributed by atoms with Crippen LogP contribution < -0.4 is 10.9 Å². The Labute approximate surface area is 214 Å². The molecule has 192 valence electrons. The van der Waals surface area contributed by atoms with Gasteiger partial charge in [-0.3, -0.25) is 15.2 Å². The maximum absolute atomic E-state index is 14.1. The van der Waals surface area contributed by atoms with Crippen LogP contribution in [-0.2, 0) is 4.79 Å². The molecule has 0 radical (unpaired) electrons. The first-order valence-electron chi connectivity index (χ1n) is 12.7. The number of alkyl halides is 1. The Morgan fingerprint density at radius 2 is 1.84 bits per heavy atom. The van der Waals surface area contributed by atoms with Gasteiger partial charge in [-0.05, 0) is 50.7 Å². The quantitative estimate of drug-likeness (QED) is 0.429. The standard InChI is InChI=1S/C28H30FN5O3/c1-16(35)23-25(19-9-7-18(8-10-19)24(29)28(36)37)33-27-21(13-14-32-34(27)26(23)30)20-11-12-22(31-15-20)17-5-3-2-4-6-17/h2-6,11-12,15,18-19,21,24,30,32H,7-10,13-14H2,1H3,(H,36,37). The minimum atomic E-state index is -1.88. The van der Waals surface area contributed by atoms with E-state index in [9.17, 15) is 14.0 Å². The summed E-state index contributed by atoms with van der Waals surface area (Å²) in [6, 6.07) is 14.0. The number of hydrogen-bond acceptors (Lipinski definition) is 6. The van der Waals surface area contributed by atoms with Gasteiger partial charge in [-0.2, -0.15) is 0 Å². The number of carbonyl (C=O) groups is 2. The van der Waals surface area contributed by atoms with E-state index in [2.05, 4.69) is 10.4 Å². The Bertz CT molecular complexity index is 1370. The Kier molecular flexibility index (Phi) is 6.86. The summed E-state index contributed by atoms with van der Waals surface area (Å²) in [6.45, 7) is 2.05. The molecule has 1 aliphatic heterocycles. The van der Waals surface area contributed by atoms with Gasteiger partial charge in [0.2, 0.25) is 0 Å². The minimum Gasteiger partial charge on any atom is -0.479 e. The molecule has 3 aromatic rings. The topological polar surface area (TPSA) is 121 Å². The highest BCUT2D eigenvalue weighted by atomic mass is 19.1. The number of halogens is 1. The van der Waals surface area contributed by atoms with Crippen LogP contribution in [0.15, 0.2) is 48.7 Å². The molecule has 1 saturated carbocycles. The first kappa shape index (κ1) is 24.8. The maximum Gasteiger partial charge on any atom is 0.338 e. The highest BCUT2D eigenvalue weighted by Gasteiger charge is 2.36. The zero-order chi connectivity index (χ0) is 26.1. The molecule has 5 rings (SSSR count). The Morgan fingerprint density at radius 3 is 2.46 bits per heavy atom. The van der Waals surface area contributed by atoms with Crippen molar-refractivity contribution in [3.05, 3.63) is 76.8 Å². The molecule has 2 unspecified atom stereocenters. The number of hydrogen-bond donors (Lipinski definition) is 3. The van der Waals surface area contributed by atoms with Gasteiger partial charge < -0.3 is 10.5 Å². The van der Waals surface area contributed by atoms with E-state index < -0.39 is 18.1 Å². The van der Waals surface area contributed by atoms with Gasteiger partial charge in [-0.25, -0.2) is 18.8 Å². The molecule has 0 saturated heterocycles. The van der Waals surface area contributed by atoms with Crippen molar-refractivity contribution < 1.29 is 19.1 Å². The number of aliphatic carboxylic acids is 1. The van der Waals surface area contributed by atoms with Crippen LogP contribution in [0.2, 0.25) is 0 Å². The van der Waals surface area contributed by atoms with Crippen LogP contribution in [-0.4, -0.2) is 44.2 Å². The van der Waals surface area contributed by atoms with Gasteiger partial charge in [-0.1, -0.05) is 36.4 Å². The van der Waals surface area contributed by atoms with Crippen molar-refractivity contribution in [3.63, 3.8) is 0 Å². The molecule has 1 aromatic carbocycles. The lowest BCUT2D eigenvalue weighted by Crippen LogP contribution is -2.43. The Hall–Kier alpha value is -3.88. The average molecular weight is 504 g/mol. The number of benzene rings is 1. The zero-order valence-electron chi connectivity index (χ0n) is 20.7. The Balaban J connectivity index is 1.49. The molecule has 0 bridgehead atoms. The fourth-order valence-corrected chi connectivity index (χ4v) is 5.66. The smallest absolute Gasteiger partial charge is 0.338 e.